The summed E-state index contributed by atoms with van der Waals surface area (Å²) in [6.07, 6.45) is 1.09. The van der Waals surface area contributed by atoms with Gasteiger partial charge in [-0.2, -0.15) is 0 Å². The van der Waals surface area contributed by atoms with Gasteiger partial charge in [0.05, 0.1) is 6.61 Å². The van der Waals surface area contributed by atoms with Crippen molar-refractivity contribution in [1.29, 1.82) is 0 Å². The van der Waals surface area contributed by atoms with Gasteiger partial charge in [0.15, 0.2) is 0 Å². The fourth-order valence-electron chi connectivity index (χ4n) is 1.91. The van der Waals surface area contributed by atoms with Crippen molar-refractivity contribution in [2.24, 2.45) is 5.92 Å². The molecule has 2 heteroatoms. The van der Waals surface area contributed by atoms with Gasteiger partial charge in [0.1, 0.15) is 0 Å². The summed E-state index contributed by atoms with van der Waals surface area (Å²) in [5, 5.41) is 3.24. The molecule has 0 aliphatic rings. The van der Waals surface area contributed by atoms with Gasteiger partial charge in [0.25, 0.3) is 0 Å². The number of rotatable bonds is 7. The number of ether oxygens (including phenoxy) is 1. The summed E-state index contributed by atoms with van der Waals surface area (Å²) in [5.74, 6) is 0.561. The van der Waals surface area contributed by atoms with E-state index >= 15 is 0 Å². The molecular weight excluding hydrogens is 198 g/mol. The third kappa shape index (κ3) is 4.33. The van der Waals surface area contributed by atoms with Gasteiger partial charge in [-0.1, -0.05) is 24.3 Å². The van der Waals surface area contributed by atoms with Crippen LogP contribution in [0.4, 0.5) is 0 Å². The summed E-state index contributed by atoms with van der Waals surface area (Å²) < 4.78 is 5.52. The smallest absolute Gasteiger partial charge is 0.0509 e. The molecule has 0 fully saturated rings. The number of hydrogen-bond acceptors (Lipinski definition) is 2. The van der Waals surface area contributed by atoms with E-state index < -0.39 is 0 Å². The first kappa shape index (κ1) is 13.2. The van der Waals surface area contributed by atoms with Crippen molar-refractivity contribution in [3.63, 3.8) is 0 Å². The molecule has 1 aromatic rings. The zero-order valence-corrected chi connectivity index (χ0v) is 10.6. The highest BCUT2D eigenvalue weighted by Gasteiger charge is 2.10. The summed E-state index contributed by atoms with van der Waals surface area (Å²) in [7, 11) is 2.00. The monoisotopic (exact) mass is 221 g/mol. The number of aryl methyl sites for hydroxylation is 1. The van der Waals surface area contributed by atoms with Gasteiger partial charge in [-0.05, 0) is 44.4 Å². The Hall–Kier alpha value is -0.860. The summed E-state index contributed by atoms with van der Waals surface area (Å²) >= 11 is 0. The predicted molar refractivity (Wildman–Crippen MR) is 68.8 cm³/mol. The van der Waals surface area contributed by atoms with E-state index in [0.29, 0.717) is 5.92 Å². The van der Waals surface area contributed by atoms with Gasteiger partial charge >= 0.3 is 0 Å². The van der Waals surface area contributed by atoms with Crippen LogP contribution in [0.3, 0.4) is 0 Å². The fourth-order valence-corrected chi connectivity index (χ4v) is 1.91. The molecule has 1 unspecified atom stereocenters. The second kappa shape index (κ2) is 7.42. The van der Waals surface area contributed by atoms with Gasteiger partial charge in [0.2, 0.25) is 0 Å². The molecular formula is C14H23NO. The molecule has 1 atom stereocenters. The molecule has 0 bridgehead atoms. The van der Waals surface area contributed by atoms with E-state index in [1.54, 1.807) is 0 Å². The quantitative estimate of drug-likeness (QED) is 0.763. The van der Waals surface area contributed by atoms with Crippen molar-refractivity contribution in [3.05, 3.63) is 35.4 Å². The topological polar surface area (TPSA) is 21.3 Å². The van der Waals surface area contributed by atoms with Crippen molar-refractivity contribution >= 4 is 0 Å². The van der Waals surface area contributed by atoms with Crippen molar-refractivity contribution < 1.29 is 4.74 Å². The first-order chi connectivity index (χ1) is 7.77. The van der Waals surface area contributed by atoms with Crippen molar-refractivity contribution in [2.45, 2.75) is 20.3 Å². The molecule has 0 aliphatic carbocycles. The second-order valence-corrected chi connectivity index (χ2v) is 4.21. The second-order valence-electron chi connectivity index (χ2n) is 4.21. The van der Waals surface area contributed by atoms with E-state index in [2.05, 4.69) is 36.5 Å². The van der Waals surface area contributed by atoms with Crippen LogP contribution in [0.15, 0.2) is 24.3 Å². The normalized spacial score (nSPS) is 12.7. The fraction of sp³-hybridized carbons (Fsp3) is 0.571. The van der Waals surface area contributed by atoms with E-state index in [1.165, 1.54) is 11.1 Å². The molecule has 1 N–H and O–H groups in total. The van der Waals surface area contributed by atoms with Crippen LogP contribution >= 0.6 is 0 Å². The molecule has 0 saturated heterocycles. The lowest BCUT2D eigenvalue weighted by atomic mass is 9.96. The van der Waals surface area contributed by atoms with Crippen LogP contribution in [0.2, 0.25) is 0 Å². The Bertz CT molecular complexity index is 299. The zero-order valence-electron chi connectivity index (χ0n) is 10.6. The van der Waals surface area contributed by atoms with Crippen LogP contribution in [0.25, 0.3) is 0 Å². The molecule has 0 aromatic heterocycles. The molecule has 0 amide bonds. The van der Waals surface area contributed by atoms with E-state index in [1.807, 2.05) is 14.0 Å². The van der Waals surface area contributed by atoms with Gasteiger partial charge < -0.3 is 10.1 Å². The third-order valence-corrected chi connectivity index (χ3v) is 2.82. The van der Waals surface area contributed by atoms with Crippen LogP contribution in [-0.4, -0.2) is 26.8 Å². The molecule has 16 heavy (non-hydrogen) atoms. The first-order valence-electron chi connectivity index (χ1n) is 6.04. The lowest BCUT2D eigenvalue weighted by Gasteiger charge is -2.17. The van der Waals surface area contributed by atoms with Gasteiger partial charge in [0, 0.05) is 13.2 Å². The Balaban J connectivity index is 2.56. The maximum Gasteiger partial charge on any atom is 0.0509 e. The Morgan fingerprint density at radius 2 is 2.06 bits per heavy atom. The highest BCUT2D eigenvalue weighted by molar-refractivity contribution is 5.25. The lowest BCUT2D eigenvalue weighted by molar-refractivity contribution is 0.110. The maximum absolute atomic E-state index is 5.52. The summed E-state index contributed by atoms with van der Waals surface area (Å²) in [5.41, 5.74) is 2.81. The molecule has 0 heterocycles. The van der Waals surface area contributed by atoms with Crippen molar-refractivity contribution in [3.8, 4) is 0 Å². The Labute approximate surface area is 99.0 Å². The van der Waals surface area contributed by atoms with Gasteiger partial charge in [-0.3, -0.25) is 0 Å². The van der Waals surface area contributed by atoms with Gasteiger partial charge in [-0.25, -0.2) is 0 Å². The third-order valence-electron chi connectivity index (χ3n) is 2.82. The molecule has 0 saturated carbocycles. The summed E-state index contributed by atoms with van der Waals surface area (Å²) in [4.78, 5) is 0. The Morgan fingerprint density at radius 3 is 2.69 bits per heavy atom. The number of nitrogens with one attached hydrogen (secondary N) is 1. The summed E-state index contributed by atoms with van der Waals surface area (Å²) in [6, 6.07) is 8.59. The minimum Gasteiger partial charge on any atom is -0.381 e. The molecule has 2 nitrogen and oxygen atoms in total. The Morgan fingerprint density at radius 1 is 1.31 bits per heavy atom. The van der Waals surface area contributed by atoms with E-state index in [-0.39, 0.29) is 0 Å². The minimum absolute atomic E-state index is 0.561. The number of benzene rings is 1. The highest BCUT2D eigenvalue weighted by atomic mass is 16.5. The molecule has 0 aliphatic heterocycles. The molecule has 1 aromatic carbocycles. The molecule has 0 spiro atoms. The van der Waals surface area contributed by atoms with E-state index in [9.17, 15) is 0 Å². The standard InChI is InChI=1S/C14H23NO/c1-4-16-11-13(10-15-3)9-14-8-6-5-7-12(14)2/h5-8,13,15H,4,9-11H2,1-3H3. The predicted octanol–water partition coefficient (Wildman–Crippen LogP) is 2.41. The zero-order chi connectivity index (χ0) is 11.8. The first-order valence-corrected chi connectivity index (χ1v) is 6.04. The van der Waals surface area contributed by atoms with Crippen LogP contribution < -0.4 is 5.32 Å². The molecule has 1 rings (SSSR count). The number of hydrogen-bond donors (Lipinski definition) is 1. The van der Waals surface area contributed by atoms with Crippen LogP contribution in [-0.2, 0) is 11.2 Å². The van der Waals surface area contributed by atoms with E-state index in [0.717, 1.165) is 26.2 Å². The largest absolute Gasteiger partial charge is 0.381 e. The average molecular weight is 221 g/mol. The minimum atomic E-state index is 0.561. The van der Waals surface area contributed by atoms with Crippen LogP contribution in [0.5, 0.6) is 0 Å². The van der Waals surface area contributed by atoms with Crippen molar-refractivity contribution in [1.82, 2.24) is 5.32 Å². The molecule has 90 valence electrons. The SMILES string of the molecule is CCOCC(CNC)Cc1ccccc1C. The van der Waals surface area contributed by atoms with Crippen LogP contribution in [0, 0.1) is 12.8 Å². The highest BCUT2D eigenvalue weighted by Crippen LogP contribution is 2.13. The van der Waals surface area contributed by atoms with Crippen molar-refractivity contribution in [2.75, 3.05) is 26.8 Å². The molecule has 0 radical (unpaired) electrons. The van der Waals surface area contributed by atoms with Crippen LogP contribution in [0.1, 0.15) is 18.1 Å². The van der Waals surface area contributed by atoms with Gasteiger partial charge in [-0.15, -0.1) is 0 Å². The Kier molecular flexibility index (Phi) is 6.12. The average Bonchev–Trinajstić information content (AvgIpc) is 2.29. The summed E-state index contributed by atoms with van der Waals surface area (Å²) in [6.45, 7) is 6.87. The lowest BCUT2D eigenvalue weighted by Crippen LogP contribution is -2.25. The maximum atomic E-state index is 5.52. The van der Waals surface area contributed by atoms with E-state index in [4.69, 9.17) is 4.74 Å².